The first kappa shape index (κ1) is 21.9. The van der Waals surface area contributed by atoms with Crippen LogP contribution in [-0.2, 0) is 13.1 Å². The summed E-state index contributed by atoms with van der Waals surface area (Å²) < 4.78 is 14.9. The summed E-state index contributed by atoms with van der Waals surface area (Å²) in [5.41, 5.74) is 2.34. The van der Waals surface area contributed by atoms with Crippen LogP contribution in [0.3, 0.4) is 0 Å². The van der Waals surface area contributed by atoms with Crippen molar-refractivity contribution in [1.29, 1.82) is 5.41 Å². The number of likely N-dealkylation sites (N-methyl/N-ethyl adjacent to an activating group) is 1. The molecular weight excluding hydrogens is 380 g/mol. The molecule has 0 fully saturated rings. The lowest BCUT2D eigenvalue weighted by molar-refractivity contribution is 0.0905. The molecule has 2 aromatic carbocycles. The molecule has 1 aromatic heterocycles. The third-order valence-electron chi connectivity index (χ3n) is 5.40. The van der Waals surface area contributed by atoms with Crippen LogP contribution in [0, 0.1) is 5.41 Å². The van der Waals surface area contributed by atoms with Crippen molar-refractivity contribution < 1.29 is 14.6 Å². The molecule has 7 nitrogen and oxygen atoms in total. The Kier molecular flexibility index (Phi) is 7.54. The number of fused-ring (bicyclic) bond motifs is 1. The maximum absolute atomic E-state index is 10.6. The lowest BCUT2D eigenvalue weighted by atomic mass is 10.3. The smallest absolute Gasteiger partial charge is 0.203 e. The molecule has 3 aromatic rings. The standard InChI is InChI=1S/C23H32N4O3/c1-4-25(5-2)14-15-26-19-10-6-7-11-20(19)27(23(26)24)16-18(28)17-30-22-13-9-8-12-21(22)29-3/h6-13,18,24,28H,4-5,14-17H2,1-3H3. The van der Waals surface area contributed by atoms with Crippen LogP contribution >= 0.6 is 0 Å². The number of nitrogens with zero attached hydrogens (tertiary/aromatic N) is 3. The van der Waals surface area contributed by atoms with Gasteiger partial charge < -0.3 is 28.6 Å². The fourth-order valence-electron chi connectivity index (χ4n) is 3.67. The summed E-state index contributed by atoms with van der Waals surface area (Å²) in [6.45, 7) is 8.30. The molecule has 0 aliphatic carbocycles. The SMILES string of the molecule is CCN(CC)CCn1c(=N)n(CC(O)COc2ccccc2OC)c2ccccc21. The molecule has 1 unspecified atom stereocenters. The molecular formula is C23H32N4O3. The molecule has 1 atom stereocenters. The average Bonchev–Trinajstić information content (AvgIpc) is 3.04. The summed E-state index contributed by atoms with van der Waals surface area (Å²) in [4.78, 5) is 2.34. The van der Waals surface area contributed by atoms with E-state index in [1.165, 1.54) is 0 Å². The van der Waals surface area contributed by atoms with Gasteiger partial charge in [0.05, 0.1) is 24.7 Å². The highest BCUT2D eigenvalue weighted by Gasteiger charge is 2.15. The summed E-state index contributed by atoms with van der Waals surface area (Å²) >= 11 is 0. The van der Waals surface area contributed by atoms with E-state index in [1.807, 2.05) is 57.7 Å². The Balaban J connectivity index is 1.77. The minimum Gasteiger partial charge on any atom is -0.493 e. The van der Waals surface area contributed by atoms with Crippen molar-refractivity contribution in [3.63, 3.8) is 0 Å². The number of para-hydroxylation sites is 4. The number of hydrogen-bond donors (Lipinski definition) is 2. The summed E-state index contributed by atoms with van der Waals surface area (Å²) in [6, 6.07) is 15.3. The number of rotatable bonds is 11. The highest BCUT2D eigenvalue weighted by Crippen LogP contribution is 2.25. The molecule has 2 N–H and O–H groups in total. The normalized spacial score (nSPS) is 12.4. The lowest BCUT2D eigenvalue weighted by Gasteiger charge is -2.18. The van der Waals surface area contributed by atoms with E-state index in [1.54, 1.807) is 7.11 Å². The van der Waals surface area contributed by atoms with Crippen LogP contribution < -0.4 is 15.1 Å². The highest BCUT2D eigenvalue weighted by atomic mass is 16.5. The van der Waals surface area contributed by atoms with Crippen LogP contribution in [0.2, 0.25) is 0 Å². The van der Waals surface area contributed by atoms with Crippen molar-refractivity contribution in [2.24, 2.45) is 0 Å². The van der Waals surface area contributed by atoms with E-state index in [9.17, 15) is 5.11 Å². The number of hydrogen-bond acceptors (Lipinski definition) is 5. The second-order valence-corrected chi connectivity index (χ2v) is 7.22. The van der Waals surface area contributed by atoms with Crippen molar-refractivity contribution in [3.05, 3.63) is 54.1 Å². The van der Waals surface area contributed by atoms with Gasteiger partial charge >= 0.3 is 0 Å². The van der Waals surface area contributed by atoms with Crippen LogP contribution in [0.1, 0.15) is 13.8 Å². The first-order valence-corrected chi connectivity index (χ1v) is 10.5. The minimum atomic E-state index is -0.758. The molecule has 30 heavy (non-hydrogen) atoms. The van der Waals surface area contributed by atoms with Gasteiger partial charge in [-0.1, -0.05) is 38.1 Å². The number of nitrogens with one attached hydrogen (secondary N) is 1. The van der Waals surface area contributed by atoms with E-state index < -0.39 is 6.10 Å². The molecule has 7 heteroatoms. The fraction of sp³-hybridized carbons (Fsp3) is 0.435. The van der Waals surface area contributed by atoms with Gasteiger partial charge in [-0.15, -0.1) is 0 Å². The number of ether oxygens (including phenoxy) is 2. The zero-order valence-electron chi connectivity index (χ0n) is 18.0. The zero-order valence-corrected chi connectivity index (χ0v) is 18.0. The Morgan fingerprint density at radius 2 is 1.57 bits per heavy atom. The van der Waals surface area contributed by atoms with Crippen LogP contribution in [0.25, 0.3) is 11.0 Å². The molecule has 1 heterocycles. The Morgan fingerprint density at radius 1 is 0.967 bits per heavy atom. The van der Waals surface area contributed by atoms with Crippen molar-refractivity contribution in [2.75, 3.05) is 33.4 Å². The quantitative estimate of drug-likeness (QED) is 0.508. The zero-order chi connectivity index (χ0) is 21.5. The molecule has 162 valence electrons. The van der Waals surface area contributed by atoms with E-state index >= 15 is 0 Å². The summed E-state index contributed by atoms with van der Waals surface area (Å²) in [6.07, 6.45) is -0.758. The van der Waals surface area contributed by atoms with E-state index in [-0.39, 0.29) is 13.2 Å². The van der Waals surface area contributed by atoms with Crippen LogP contribution in [-0.4, -0.2) is 58.6 Å². The number of methoxy groups -OCH3 is 1. The average molecular weight is 413 g/mol. The summed E-state index contributed by atoms with van der Waals surface area (Å²) in [5, 5.41) is 19.3. The van der Waals surface area contributed by atoms with E-state index in [4.69, 9.17) is 14.9 Å². The Labute approximate surface area is 177 Å². The van der Waals surface area contributed by atoms with Crippen molar-refractivity contribution in [2.45, 2.75) is 33.0 Å². The van der Waals surface area contributed by atoms with Crippen LogP contribution in [0.5, 0.6) is 11.5 Å². The largest absolute Gasteiger partial charge is 0.493 e. The maximum Gasteiger partial charge on any atom is 0.203 e. The first-order valence-electron chi connectivity index (χ1n) is 10.5. The molecule has 0 aliphatic heterocycles. The van der Waals surface area contributed by atoms with E-state index in [0.29, 0.717) is 17.1 Å². The summed E-state index contributed by atoms with van der Waals surface area (Å²) in [5.74, 6) is 1.23. The number of benzene rings is 2. The summed E-state index contributed by atoms with van der Waals surface area (Å²) in [7, 11) is 1.59. The van der Waals surface area contributed by atoms with Gasteiger partial charge in [-0.2, -0.15) is 0 Å². The van der Waals surface area contributed by atoms with Gasteiger partial charge in [-0.05, 0) is 37.4 Å². The molecule has 0 aliphatic rings. The number of aliphatic hydroxyl groups is 1. The molecule has 0 spiro atoms. The second-order valence-electron chi connectivity index (χ2n) is 7.22. The topological polar surface area (TPSA) is 75.6 Å². The minimum absolute atomic E-state index is 0.117. The fourth-order valence-corrected chi connectivity index (χ4v) is 3.67. The number of imidazole rings is 1. The second kappa shape index (κ2) is 10.3. The van der Waals surface area contributed by atoms with Gasteiger partial charge in [0, 0.05) is 13.1 Å². The monoisotopic (exact) mass is 412 g/mol. The van der Waals surface area contributed by atoms with E-state index in [0.717, 1.165) is 37.2 Å². The van der Waals surface area contributed by atoms with Gasteiger partial charge in [-0.25, -0.2) is 0 Å². The van der Waals surface area contributed by atoms with Crippen LogP contribution in [0.15, 0.2) is 48.5 Å². The van der Waals surface area contributed by atoms with Crippen molar-refractivity contribution in [1.82, 2.24) is 14.0 Å². The third kappa shape index (κ3) is 4.86. The predicted molar refractivity (Wildman–Crippen MR) is 118 cm³/mol. The van der Waals surface area contributed by atoms with E-state index in [2.05, 4.69) is 18.7 Å². The molecule has 0 saturated carbocycles. The molecule has 0 bridgehead atoms. The Hall–Kier alpha value is -2.77. The Morgan fingerprint density at radius 3 is 2.20 bits per heavy atom. The van der Waals surface area contributed by atoms with Gasteiger partial charge in [0.25, 0.3) is 0 Å². The lowest BCUT2D eigenvalue weighted by Crippen LogP contribution is -2.34. The van der Waals surface area contributed by atoms with Crippen LogP contribution in [0.4, 0.5) is 0 Å². The Bertz CT molecular complexity index is 1010. The van der Waals surface area contributed by atoms with Gasteiger partial charge in [0.2, 0.25) is 5.62 Å². The molecule has 0 radical (unpaired) electrons. The highest BCUT2D eigenvalue weighted by molar-refractivity contribution is 5.75. The van der Waals surface area contributed by atoms with Crippen molar-refractivity contribution in [3.8, 4) is 11.5 Å². The number of aliphatic hydroxyl groups excluding tert-OH is 1. The molecule has 0 saturated heterocycles. The molecule has 3 rings (SSSR count). The molecule has 0 amide bonds. The van der Waals surface area contributed by atoms with Gasteiger partial charge in [-0.3, -0.25) is 5.41 Å². The van der Waals surface area contributed by atoms with Gasteiger partial charge in [0.1, 0.15) is 12.7 Å². The first-order chi connectivity index (χ1) is 14.6. The predicted octanol–water partition coefficient (Wildman–Crippen LogP) is 2.71. The number of aromatic nitrogens is 2. The maximum atomic E-state index is 10.6. The van der Waals surface area contributed by atoms with Gasteiger partial charge in [0.15, 0.2) is 11.5 Å². The third-order valence-corrected chi connectivity index (χ3v) is 5.40. The van der Waals surface area contributed by atoms with Crippen molar-refractivity contribution >= 4 is 11.0 Å².